The molecule has 1 aromatic heterocycles. The highest BCUT2D eigenvalue weighted by Crippen LogP contribution is 2.32. The molecule has 0 aliphatic rings. The molecule has 4 heteroatoms. The van der Waals surface area contributed by atoms with Crippen LogP contribution in [0, 0.1) is 6.92 Å². The Morgan fingerprint density at radius 2 is 2.00 bits per heavy atom. The van der Waals surface area contributed by atoms with Crippen LogP contribution in [0.2, 0.25) is 0 Å². The van der Waals surface area contributed by atoms with Crippen molar-refractivity contribution >= 4 is 5.97 Å². The van der Waals surface area contributed by atoms with Gasteiger partial charge in [0.1, 0.15) is 0 Å². The summed E-state index contributed by atoms with van der Waals surface area (Å²) in [5.41, 5.74) is 5.19. The van der Waals surface area contributed by atoms with Gasteiger partial charge >= 0.3 is 5.97 Å². The summed E-state index contributed by atoms with van der Waals surface area (Å²) in [5.74, 6) is -0.895. The van der Waals surface area contributed by atoms with Crippen molar-refractivity contribution in [2.24, 2.45) is 7.05 Å². The van der Waals surface area contributed by atoms with E-state index in [2.05, 4.69) is 12.0 Å². The molecule has 0 saturated heterocycles. The van der Waals surface area contributed by atoms with E-state index < -0.39 is 5.97 Å². The van der Waals surface area contributed by atoms with Crippen molar-refractivity contribution in [2.75, 3.05) is 0 Å². The fourth-order valence-electron chi connectivity index (χ4n) is 2.64. The van der Waals surface area contributed by atoms with Crippen LogP contribution in [-0.2, 0) is 19.9 Å². The Labute approximate surface area is 119 Å². The molecule has 0 spiro atoms. The average Bonchev–Trinajstić information content (AvgIpc) is 2.74. The molecule has 1 aromatic carbocycles. The molecular weight excluding hydrogens is 252 g/mol. The van der Waals surface area contributed by atoms with Crippen molar-refractivity contribution in [2.45, 2.75) is 33.6 Å². The Morgan fingerprint density at radius 1 is 1.30 bits per heavy atom. The minimum atomic E-state index is -0.895. The van der Waals surface area contributed by atoms with E-state index in [4.69, 9.17) is 0 Å². The zero-order chi connectivity index (χ0) is 14.9. The lowest BCUT2D eigenvalue weighted by atomic mass is 9.94. The van der Waals surface area contributed by atoms with Crippen LogP contribution in [0.3, 0.4) is 0 Å². The fourth-order valence-corrected chi connectivity index (χ4v) is 2.64. The molecule has 0 atom stereocenters. The summed E-state index contributed by atoms with van der Waals surface area (Å²) < 4.78 is 1.86. The van der Waals surface area contributed by atoms with Gasteiger partial charge in [-0.2, -0.15) is 5.10 Å². The van der Waals surface area contributed by atoms with E-state index >= 15 is 0 Å². The summed E-state index contributed by atoms with van der Waals surface area (Å²) in [7, 11) is 1.91. The van der Waals surface area contributed by atoms with Crippen LogP contribution in [0.25, 0.3) is 11.1 Å². The monoisotopic (exact) mass is 272 g/mol. The lowest BCUT2D eigenvalue weighted by Gasteiger charge is -2.10. The molecule has 0 aliphatic carbocycles. The quantitative estimate of drug-likeness (QED) is 0.929. The van der Waals surface area contributed by atoms with Crippen molar-refractivity contribution in [3.05, 3.63) is 40.7 Å². The van der Waals surface area contributed by atoms with Crippen molar-refractivity contribution in [1.29, 1.82) is 0 Å². The van der Waals surface area contributed by atoms with Crippen LogP contribution in [0.4, 0.5) is 0 Å². The molecule has 1 N–H and O–H groups in total. The first-order chi connectivity index (χ1) is 9.49. The molecule has 106 valence electrons. The van der Waals surface area contributed by atoms with Crippen LogP contribution in [-0.4, -0.2) is 20.9 Å². The van der Waals surface area contributed by atoms with Gasteiger partial charge in [-0.05, 0) is 25.8 Å². The smallest absolute Gasteiger partial charge is 0.336 e. The number of carboxylic acids is 1. The molecule has 4 nitrogen and oxygen atoms in total. The van der Waals surface area contributed by atoms with Crippen LogP contribution < -0.4 is 0 Å². The highest BCUT2D eigenvalue weighted by Gasteiger charge is 2.20. The number of carbonyl (C=O) groups is 1. The predicted octanol–water partition coefficient (Wildman–Crippen LogP) is 3.22. The Balaban J connectivity index is 2.79. The van der Waals surface area contributed by atoms with Crippen LogP contribution in [0.5, 0.6) is 0 Å². The number of carboxylic acid groups (broad SMARTS) is 1. The molecule has 0 fully saturated rings. The molecular formula is C16H20N2O2. The minimum absolute atomic E-state index is 0.341. The first-order valence-electron chi connectivity index (χ1n) is 6.88. The van der Waals surface area contributed by atoms with Crippen molar-refractivity contribution in [3.8, 4) is 11.1 Å². The van der Waals surface area contributed by atoms with Crippen molar-refractivity contribution < 1.29 is 9.90 Å². The van der Waals surface area contributed by atoms with Crippen LogP contribution in [0.1, 0.15) is 41.2 Å². The van der Waals surface area contributed by atoms with Gasteiger partial charge in [0.15, 0.2) is 0 Å². The Hall–Kier alpha value is -2.10. The maximum absolute atomic E-state index is 11.5. The number of hydrogen-bond donors (Lipinski definition) is 1. The van der Waals surface area contributed by atoms with E-state index in [1.807, 2.05) is 37.7 Å². The second-order valence-electron chi connectivity index (χ2n) is 4.95. The lowest BCUT2D eigenvalue weighted by molar-refractivity contribution is 0.0697. The van der Waals surface area contributed by atoms with Gasteiger partial charge in [0.25, 0.3) is 0 Å². The fraction of sp³-hybridized carbons (Fsp3) is 0.375. The molecule has 1 heterocycles. The number of nitrogens with zero attached hydrogens (tertiary/aromatic N) is 2. The highest BCUT2D eigenvalue weighted by atomic mass is 16.4. The largest absolute Gasteiger partial charge is 0.478 e. The first kappa shape index (κ1) is 14.3. The number of aryl methyl sites for hydroxylation is 3. The van der Waals surface area contributed by atoms with Crippen LogP contribution >= 0.6 is 0 Å². The maximum atomic E-state index is 11.5. The number of benzene rings is 1. The molecule has 2 rings (SSSR count). The van der Waals surface area contributed by atoms with Gasteiger partial charge in [-0.25, -0.2) is 4.79 Å². The van der Waals surface area contributed by atoms with Gasteiger partial charge in [0, 0.05) is 23.9 Å². The molecule has 0 bridgehead atoms. The molecule has 20 heavy (non-hydrogen) atoms. The molecule has 0 amide bonds. The van der Waals surface area contributed by atoms with Crippen molar-refractivity contribution in [1.82, 2.24) is 9.78 Å². The van der Waals surface area contributed by atoms with E-state index in [1.54, 1.807) is 6.07 Å². The Morgan fingerprint density at radius 3 is 2.55 bits per heavy atom. The van der Waals surface area contributed by atoms with Gasteiger partial charge in [0.2, 0.25) is 0 Å². The summed E-state index contributed by atoms with van der Waals surface area (Å²) in [6, 6.07) is 5.46. The van der Waals surface area contributed by atoms with Gasteiger partial charge in [-0.1, -0.05) is 31.5 Å². The number of aromatic carboxylic acids is 1. The number of rotatable bonds is 4. The Bertz CT molecular complexity index is 657. The predicted molar refractivity (Wildman–Crippen MR) is 79.1 cm³/mol. The van der Waals surface area contributed by atoms with E-state index in [-0.39, 0.29) is 0 Å². The number of aromatic nitrogens is 2. The third kappa shape index (κ3) is 2.33. The average molecular weight is 272 g/mol. The molecule has 0 unspecified atom stereocenters. The molecule has 0 radical (unpaired) electrons. The van der Waals surface area contributed by atoms with E-state index in [0.717, 1.165) is 40.9 Å². The second-order valence-corrected chi connectivity index (χ2v) is 4.95. The zero-order valence-corrected chi connectivity index (χ0v) is 12.4. The molecule has 0 aliphatic heterocycles. The summed E-state index contributed by atoms with van der Waals surface area (Å²) in [5, 5.41) is 14.0. The normalized spacial score (nSPS) is 10.8. The standard InChI is InChI=1S/C16H20N2O2/c1-5-13-15(14(6-2)18(4)17-13)12-9-10(3)7-8-11(12)16(19)20/h7-9H,5-6H2,1-4H3,(H,19,20). The van der Waals surface area contributed by atoms with Gasteiger partial charge in [-0.15, -0.1) is 0 Å². The van der Waals surface area contributed by atoms with Crippen molar-refractivity contribution in [3.63, 3.8) is 0 Å². The lowest BCUT2D eigenvalue weighted by Crippen LogP contribution is -2.02. The van der Waals surface area contributed by atoms with Gasteiger partial charge in [0.05, 0.1) is 11.3 Å². The summed E-state index contributed by atoms with van der Waals surface area (Å²) >= 11 is 0. The second kappa shape index (κ2) is 5.49. The number of hydrogen-bond acceptors (Lipinski definition) is 2. The minimum Gasteiger partial charge on any atom is -0.478 e. The van der Waals surface area contributed by atoms with E-state index in [0.29, 0.717) is 5.56 Å². The van der Waals surface area contributed by atoms with E-state index in [1.165, 1.54) is 0 Å². The van der Waals surface area contributed by atoms with Gasteiger partial charge in [-0.3, -0.25) is 4.68 Å². The third-order valence-electron chi connectivity index (χ3n) is 3.58. The zero-order valence-electron chi connectivity index (χ0n) is 12.4. The van der Waals surface area contributed by atoms with Crippen LogP contribution in [0.15, 0.2) is 18.2 Å². The third-order valence-corrected chi connectivity index (χ3v) is 3.58. The molecule has 2 aromatic rings. The van der Waals surface area contributed by atoms with E-state index in [9.17, 15) is 9.90 Å². The first-order valence-corrected chi connectivity index (χ1v) is 6.88. The molecule has 0 saturated carbocycles. The summed E-state index contributed by atoms with van der Waals surface area (Å²) in [4.78, 5) is 11.5. The maximum Gasteiger partial charge on any atom is 0.336 e. The van der Waals surface area contributed by atoms with Gasteiger partial charge < -0.3 is 5.11 Å². The SMILES string of the molecule is CCc1nn(C)c(CC)c1-c1cc(C)ccc1C(=O)O. The topological polar surface area (TPSA) is 55.1 Å². The summed E-state index contributed by atoms with van der Waals surface area (Å²) in [6.07, 6.45) is 1.61. The highest BCUT2D eigenvalue weighted by molar-refractivity contribution is 5.97. The summed E-state index contributed by atoms with van der Waals surface area (Å²) in [6.45, 7) is 6.08. The Kier molecular flexibility index (Phi) is 3.93.